The third-order valence-electron chi connectivity index (χ3n) is 2.23. The lowest BCUT2D eigenvalue weighted by Gasteiger charge is -2.08. The molecule has 1 aromatic carbocycles. The summed E-state index contributed by atoms with van der Waals surface area (Å²) in [5, 5.41) is 0. The first-order chi connectivity index (χ1) is 8.13. The first-order valence-corrected chi connectivity index (χ1v) is 5.68. The Kier molecular flexibility index (Phi) is 5.46. The van der Waals surface area contributed by atoms with Crippen molar-refractivity contribution in [1.29, 1.82) is 0 Å². The second-order valence-corrected chi connectivity index (χ2v) is 3.67. The van der Waals surface area contributed by atoms with Crippen LogP contribution in [0, 0.1) is 12.7 Å². The zero-order valence-corrected chi connectivity index (χ0v) is 10.2. The van der Waals surface area contributed by atoms with Gasteiger partial charge in [0.05, 0.1) is 13.2 Å². The molecule has 0 atom stereocenters. The number of hydrogen-bond acceptors (Lipinski definition) is 3. The third-order valence-corrected chi connectivity index (χ3v) is 2.23. The van der Waals surface area contributed by atoms with Crippen molar-refractivity contribution in [2.75, 3.05) is 13.2 Å². The van der Waals surface area contributed by atoms with Gasteiger partial charge < -0.3 is 9.47 Å². The van der Waals surface area contributed by atoms with Crippen molar-refractivity contribution in [2.24, 2.45) is 0 Å². The van der Waals surface area contributed by atoms with Gasteiger partial charge >= 0.3 is 5.97 Å². The molecule has 0 saturated heterocycles. The highest BCUT2D eigenvalue weighted by Crippen LogP contribution is 2.18. The van der Waals surface area contributed by atoms with E-state index in [2.05, 4.69) is 0 Å². The first-order valence-electron chi connectivity index (χ1n) is 5.68. The van der Waals surface area contributed by atoms with Crippen LogP contribution in [0.1, 0.15) is 25.3 Å². The van der Waals surface area contributed by atoms with Crippen LogP contribution in [0.4, 0.5) is 4.39 Å². The van der Waals surface area contributed by atoms with E-state index in [1.165, 1.54) is 12.1 Å². The molecule has 0 bridgehead atoms. The van der Waals surface area contributed by atoms with Crippen LogP contribution in [0.5, 0.6) is 5.75 Å². The summed E-state index contributed by atoms with van der Waals surface area (Å²) in [7, 11) is 0. The van der Waals surface area contributed by atoms with Crippen LogP contribution in [0.15, 0.2) is 18.2 Å². The monoisotopic (exact) mass is 240 g/mol. The molecule has 0 fully saturated rings. The molecule has 0 aliphatic carbocycles. The molecule has 0 saturated carbocycles. The predicted molar refractivity (Wildman–Crippen MR) is 62.5 cm³/mol. The second-order valence-electron chi connectivity index (χ2n) is 3.67. The average molecular weight is 240 g/mol. The Hall–Kier alpha value is -1.58. The molecule has 0 N–H and O–H groups in total. The van der Waals surface area contributed by atoms with E-state index in [4.69, 9.17) is 9.47 Å². The summed E-state index contributed by atoms with van der Waals surface area (Å²) in [4.78, 5) is 11.0. The molecule has 0 unspecified atom stereocenters. The van der Waals surface area contributed by atoms with Crippen molar-refractivity contribution in [3.63, 3.8) is 0 Å². The predicted octanol–water partition coefficient (Wildman–Crippen LogP) is 2.86. The van der Waals surface area contributed by atoms with Crippen molar-refractivity contribution in [3.8, 4) is 5.75 Å². The van der Waals surface area contributed by atoms with Gasteiger partial charge in [-0.25, -0.2) is 4.39 Å². The topological polar surface area (TPSA) is 35.5 Å². The van der Waals surface area contributed by atoms with Gasteiger partial charge in [-0.2, -0.15) is 0 Å². The molecular formula is C13H17FO3. The zero-order valence-electron chi connectivity index (χ0n) is 10.2. The molecule has 0 radical (unpaired) electrons. The highest BCUT2D eigenvalue weighted by Gasteiger charge is 2.03. The average Bonchev–Trinajstić information content (AvgIpc) is 2.27. The molecule has 0 aliphatic rings. The van der Waals surface area contributed by atoms with Crippen molar-refractivity contribution in [2.45, 2.75) is 26.7 Å². The minimum atomic E-state index is -0.277. The molecule has 94 valence electrons. The van der Waals surface area contributed by atoms with Gasteiger partial charge in [-0.1, -0.05) is 0 Å². The lowest BCUT2D eigenvalue weighted by molar-refractivity contribution is -0.143. The molecule has 0 aliphatic heterocycles. The van der Waals surface area contributed by atoms with Gasteiger partial charge in [0.15, 0.2) is 0 Å². The third kappa shape index (κ3) is 4.85. The standard InChI is InChI=1S/C13H17FO3/c1-3-16-13(15)5-4-8-17-12-7-6-11(14)9-10(12)2/h6-7,9H,3-5,8H2,1-2H3. The van der Waals surface area contributed by atoms with Gasteiger partial charge in [-0.15, -0.1) is 0 Å². The molecule has 17 heavy (non-hydrogen) atoms. The van der Waals surface area contributed by atoms with E-state index in [1.807, 2.05) is 0 Å². The summed E-state index contributed by atoms with van der Waals surface area (Å²) in [6.07, 6.45) is 0.934. The fraction of sp³-hybridized carbons (Fsp3) is 0.462. The van der Waals surface area contributed by atoms with E-state index in [0.29, 0.717) is 31.8 Å². The normalized spacial score (nSPS) is 10.1. The number of ether oxygens (including phenoxy) is 2. The second kappa shape index (κ2) is 6.89. The number of carbonyl (C=O) groups excluding carboxylic acids is 1. The largest absolute Gasteiger partial charge is 0.493 e. The van der Waals surface area contributed by atoms with Gasteiger partial charge in [0.25, 0.3) is 0 Å². The minimum Gasteiger partial charge on any atom is -0.493 e. The van der Waals surface area contributed by atoms with Crippen LogP contribution in [0.2, 0.25) is 0 Å². The molecular weight excluding hydrogens is 223 g/mol. The maximum absolute atomic E-state index is 12.8. The fourth-order valence-corrected chi connectivity index (χ4v) is 1.41. The Morgan fingerprint density at radius 2 is 2.18 bits per heavy atom. The number of aryl methyl sites for hydroxylation is 1. The van der Waals surface area contributed by atoms with E-state index in [9.17, 15) is 9.18 Å². The maximum Gasteiger partial charge on any atom is 0.305 e. The fourth-order valence-electron chi connectivity index (χ4n) is 1.41. The number of esters is 1. The van der Waals surface area contributed by atoms with Crippen molar-refractivity contribution in [3.05, 3.63) is 29.6 Å². The Labute approximate surface area is 101 Å². The SMILES string of the molecule is CCOC(=O)CCCOc1ccc(F)cc1C. The molecule has 0 amide bonds. The van der Waals surface area contributed by atoms with Crippen molar-refractivity contribution in [1.82, 2.24) is 0 Å². The van der Waals surface area contributed by atoms with Gasteiger partial charge in [0, 0.05) is 6.42 Å². The summed E-state index contributed by atoms with van der Waals surface area (Å²) < 4.78 is 23.0. The van der Waals surface area contributed by atoms with E-state index in [0.717, 1.165) is 5.56 Å². The number of benzene rings is 1. The Bertz CT molecular complexity index is 377. The Morgan fingerprint density at radius 3 is 2.82 bits per heavy atom. The molecule has 1 aromatic rings. The lowest BCUT2D eigenvalue weighted by Crippen LogP contribution is -2.07. The smallest absolute Gasteiger partial charge is 0.305 e. The van der Waals surface area contributed by atoms with Gasteiger partial charge in [0.2, 0.25) is 0 Å². The number of rotatable bonds is 6. The summed E-state index contributed by atoms with van der Waals surface area (Å²) in [5.74, 6) is 0.156. The molecule has 3 nitrogen and oxygen atoms in total. The quantitative estimate of drug-likeness (QED) is 0.566. The van der Waals surface area contributed by atoms with Crippen molar-refractivity contribution >= 4 is 5.97 Å². The summed E-state index contributed by atoms with van der Waals surface area (Å²) in [6.45, 7) is 4.38. The minimum absolute atomic E-state index is 0.216. The highest BCUT2D eigenvalue weighted by atomic mass is 19.1. The van der Waals surface area contributed by atoms with Gasteiger partial charge in [-0.3, -0.25) is 4.79 Å². The number of halogens is 1. The van der Waals surface area contributed by atoms with Crippen LogP contribution in [0.3, 0.4) is 0 Å². The van der Waals surface area contributed by atoms with Crippen LogP contribution in [-0.2, 0) is 9.53 Å². The molecule has 4 heteroatoms. The van der Waals surface area contributed by atoms with Crippen LogP contribution in [0.25, 0.3) is 0 Å². The highest BCUT2D eigenvalue weighted by molar-refractivity contribution is 5.69. The molecule has 1 rings (SSSR count). The van der Waals surface area contributed by atoms with E-state index in [1.54, 1.807) is 19.9 Å². The van der Waals surface area contributed by atoms with Crippen LogP contribution < -0.4 is 4.74 Å². The summed E-state index contributed by atoms with van der Waals surface area (Å²) in [6, 6.07) is 4.36. The number of carbonyl (C=O) groups is 1. The zero-order chi connectivity index (χ0) is 12.7. The van der Waals surface area contributed by atoms with E-state index < -0.39 is 0 Å². The van der Waals surface area contributed by atoms with Crippen LogP contribution >= 0.6 is 0 Å². The first kappa shape index (κ1) is 13.5. The Morgan fingerprint density at radius 1 is 1.41 bits per heavy atom. The molecule has 0 aromatic heterocycles. The lowest BCUT2D eigenvalue weighted by atomic mass is 10.2. The van der Waals surface area contributed by atoms with Gasteiger partial charge in [0.1, 0.15) is 11.6 Å². The van der Waals surface area contributed by atoms with E-state index in [-0.39, 0.29) is 11.8 Å². The molecule has 0 heterocycles. The van der Waals surface area contributed by atoms with Crippen LogP contribution in [-0.4, -0.2) is 19.2 Å². The van der Waals surface area contributed by atoms with Gasteiger partial charge in [-0.05, 0) is 44.0 Å². The van der Waals surface area contributed by atoms with E-state index >= 15 is 0 Å². The summed E-state index contributed by atoms with van der Waals surface area (Å²) >= 11 is 0. The molecule has 0 spiro atoms. The van der Waals surface area contributed by atoms with Crippen molar-refractivity contribution < 1.29 is 18.7 Å². The number of hydrogen-bond donors (Lipinski definition) is 0. The summed E-state index contributed by atoms with van der Waals surface area (Å²) in [5.41, 5.74) is 0.751. The maximum atomic E-state index is 12.8. The Balaban J connectivity index is 2.29.